The second-order valence-corrected chi connectivity index (χ2v) is 5.83. The van der Waals surface area contributed by atoms with E-state index in [1.807, 2.05) is 6.92 Å². The summed E-state index contributed by atoms with van der Waals surface area (Å²) in [5, 5.41) is 10.0. The van der Waals surface area contributed by atoms with Gasteiger partial charge in [-0.15, -0.1) is 0 Å². The van der Waals surface area contributed by atoms with E-state index in [1.165, 1.54) is 0 Å². The standard InChI is InChI=1S/C11H24O/c1-9(2)7-11(6,12)8-10(3,4)5/h9,12H,7-8H2,1-6H3. The lowest BCUT2D eigenvalue weighted by molar-refractivity contribution is 0.00121. The monoisotopic (exact) mass is 172 g/mol. The molecule has 1 nitrogen and oxygen atoms in total. The fraction of sp³-hybridized carbons (Fsp3) is 1.00. The minimum absolute atomic E-state index is 0.221. The Labute approximate surface area is 77.2 Å². The van der Waals surface area contributed by atoms with Gasteiger partial charge in [0, 0.05) is 0 Å². The van der Waals surface area contributed by atoms with Gasteiger partial charge in [-0.2, -0.15) is 0 Å². The molecule has 0 saturated heterocycles. The largest absolute Gasteiger partial charge is 0.390 e. The quantitative estimate of drug-likeness (QED) is 0.693. The molecule has 0 aliphatic carbocycles. The molecular formula is C11H24O. The van der Waals surface area contributed by atoms with Crippen molar-refractivity contribution in [2.45, 2.75) is 60.0 Å². The molecule has 0 heterocycles. The average molecular weight is 172 g/mol. The maximum Gasteiger partial charge on any atom is 0.0627 e. The number of hydrogen-bond donors (Lipinski definition) is 1. The van der Waals surface area contributed by atoms with Crippen LogP contribution in [0.25, 0.3) is 0 Å². The number of aliphatic hydroxyl groups is 1. The molecule has 0 saturated carbocycles. The Bertz CT molecular complexity index is 128. The van der Waals surface area contributed by atoms with Crippen molar-refractivity contribution in [1.82, 2.24) is 0 Å². The second kappa shape index (κ2) is 3.78. The van der Waals surface area contributed by atoms with Gasteiger partial charge in [0.2, 0.25) is 0 Å². The Balaban J connectivity index is 4.04. The summed E-state index contributed by atoms with van der Waals surface area (Å²) in [7, 11) is 0. The summed E-state index contributed by atoms with van der Waals surface area (Å²) in [5.74, 6) is 0.572. The molecule has 0 spiro atoms. The van der Waals surface area contributed by atoms with Gasteiger partial charge in [-0.05, 0) is 31.1 Å². The van der Waals surface area contributed by atoms with E-state index >= 15 is 0 Å². The van der Waals surface area contributed by atoms with E-state index in [4.69, 9.17) is 0 Å². The molecule has 0 aliphatic rings. The first-order valence-electron chi connectivity index (χ1n) is 4.85. The minimum atomic E-state index is -0.494. The molecule has 0 aliphatic heterocycles. The Morgan fingerprint density at radius 1 is 1.08 bits per heavy atom. The highest BCUT2D eigenvalue weighted by atomic mass is 16.3. The van der Waals surface area contributed by atoms with E-state index in [0.29, 0.717) is 5.92 Å². The number of hydrogen-bond acceptors (Lipinski definition) is 1. The van der Waals surface area contributed by atoms with Crippen molar-refractivity contribution in [1.29, 1.82) is 0 Å². The third-order valence-electron chi connectivity index (χ3n) is 1.76. The molecule has 0 aromatic heterocycles. The second-order valence-electron chi connectivity index (χ2n) is 5.83. The molecule has 74 valence electrons. The molecule has 0 radical (unpaired) electrons. The molecule has 0 fully saturated rings. The van der Waals surface area contributed by atoms with Gasteiger partial charge in [-0.1, -0.05) is 34.6 Å². The van der Waals surface area contributed by atoms with Gasteiger partial charge in [-0.3, -0.25) is 0 Å². The fourth-order valence-corrected chi connectivity index (χ4v) is 2.09. The van der Waals surface area contributed by atoms with Crippen molar-refractivity contribution in [2.24, 2.45) is 11.3 Å². The van der Waals surface area contributed by atoms with Crippen LogP contribution in [0, 0.1) is 11.3 Å². The van der Waals surface area contributed by atoms with Crippen molar-refractivity contribution < 1.29 is 5.11 Å². The van der Waals surface area contributed by atoms with Crippen LogP contribution in [0.4, 0.5) is 0 Å². The Hall–Kier alpha value is -0.0400. The highest BCUT2D eigenvalue weighted by Crippen LogP contribution is 2.31. The maximum atomic E-state index is 10.0. The Kier molecular flexibility index (Phi) is 3.77. The molecule has 0 bridgehead atoms. The van der Waals surface area contributed by atoms with E-state index in [-0.39, 0.29) is 5.41 Å². The first kappa shape index (κ1) is 12.0. The van der Waals surface area contributed by atoms with E-state index in [9.17, 15) is 5.11 Å². The zero-order valence-corrected chi connectivity index (χ0v) is 9.44. The molecule has 0 amide bonds. The van der Waals surface area contributed by atoms with Gasteiger partial charge in [0.25, 0.3) is 0 Å². The van der Waals surface area contributed by atoms with Crippen LogP contribution in [0.15, 0.2) is 0 Å². The molecule has 1 unspecified atom stereocenters. The highest BCUT2D eigenvalue weighted by Gasteiger charge is 2.27. The molecule has 12 heavy (non-hydrogen) atoms. The molecule has 1 atom stereocenters. The van der Waals surface area contributed by atoms with Gasteiger partial charge in [-0.25, -0.2) is 0 Å². The van der Waals surface area contributed by atoms with Crippen LogP contribution in [-0.4, -0.2) is 10.7 Å². The van der Waals surface area contributed by atoms with Gasteiger partial charge in [0.05, 0.1) is 5.60 Å². The van der Waals surface area contributed by atoms with Crippen LogP contribution >= 0.6 is 0 Å². The van der Waals surface area contributed by atoms with Gasteiger partial charge >= 0.3 is 0 Å². The maximum absolute atomic E-state index is 10.0. The molecule has 0 aromatic rings. The lowest BCUT2D eigenvalue weighted by Gasteiger charge is -2.32. The predicted octanol–water partition coefficient (Wildman–Crippen LogP) is 3.22. The Morgan fingerprint density at radius 3 is 1.75 bits per heavy atom. The van der Waals surface area contributed by atoms with Crippen LogP contribution in [0.1, 0.15) is 54.4 Å². The van der Waals surface area contributed by atoms with Crippen molar-refractivity contribution in [3.05, 3.63) is 0 Å². The zero-order valence-electron chi connectivity index (χ0n) is 9.44. The molecule has 0 rings (SSSR count). The minimum Gasteiger partial charge on any atom is -0.390 e. The smallest absolute Gasteiger partial charge is 0.0627 e. The van der Waals surface area contributed by atoms with Crippen LogP contribution in [0.2, 0.25) is 0 Å². The third-order valence-corrected chi connectivity index (χ3v) is 1.76. The van der Waals surface area contributed by atoms with Crippen LogP contribution < -0.4 is 0 Å². The van der Waals surface area contributed by atoms with E-state index in [1.54, 1.807) is 0 Å². The first-order valence-corrected chi connectivity index (χ1v) is 4.85. The Morgan fingerprint density at radius 2 is 1.50 bits per heavy atom. The van der Waals surface area contributed by atoms with Crippen molar-refractivity contribution in [3.63, 3.8) is 0 Å². The summed E-state index contributed by atoms with van der Waals surface area (Å²) in [6.45, 7) is 12.7. The van der Waals surface area contributed by atoms with E-state index < -0.39 is 5.60 Å². The lowest BCUT2D eigenvalue weighted by Crippen LogP contribution is -2.31. The van der Waals surface area contributed by atoms with E-state index in [2.05, 4.69) is 34.6 Å². The molecular weight excluding hydrogens is 148 g/mol. The molecule has 0 aromatic carbocycles. The fourth-order valence-electron chi connectivity index (χ4n) is 2.09. The summed E-state index contributed by atoms with van der Waals surface area (Å²) < 4.78 is 0. The van der Waals surface area contributed by atoms with Crippen molar-refractivity contribution in [3.8, 4) is 0 Å². The van der Waals surface area contributed by atoms with Gasteiger partial charge in [0.1, 0.15) is 0 Å². The van der Waals surface area contributed by atoms with Crippen molar-refractivity contribution >= 4 is 0 Å². The van der Waals surface area contributed by atoms with Gasteiger partial charge < -0.3 is 5.11 Å². The summed E-state index contributed by atoms with van der Waals surface area (Å²) in [6, 6.07) is 0. The lowest BCUT2D eigenvalue weighted by atomic mass is 9.79. The SMILES string of the molecule is CC(C)CC(C)(O)CC(C)(C)C. The number of rotatable bonds is 3. The first-order chi connectivity index (χ1) is 5.12. The summed E-state index contributed by atoms with van der Waals surface area (Å²) in [6.07, 6.45) is 1.77. The topological polar surface area (TPSA) is 20.2 Å². The van der Waals surface area contributed by atoms with Gasteiger partial charge in [0.15, 0.2) is 0 Å². The van der Waals surface area contributed by atoms with Crippen LogP contribution in [0.5, 0.6) is 0 Å². The predicted molar refractivity (Wildman–Crippen MR) is 54.2 cm³/mol. The molecule has 1 heteroatoms. The summed E-state index contributed by atoms with van der Waals surface area (Å²) in [5.41, 5.74) is -0.273. The highest BCUT2D eigenvalue weighted by molar-refractivity contribution is 4.80. The van der Waals surface area contributed by atoms with Crippen LogP contribution in [-0.2, 0) is 0 Å². The summed E-state index contributed by atoms with van der Waals surface area (Å²) >= 11 is 0. The zero-order chi connectivity index (χ0) is 9.99. The van der Waals surface area contributed by atoms with E-state index in [0.717, 1.165) is 12.8 Å². The van der Waals surface area contributed by atoms with Crippen molar-refractivity contribution in [2.75, 3.05) is 0 Å². The molecule has 1 N–H and O–H groups in total. The average Bonchev–Trinajstić information content (AvgIpc) is 1.48. The normalized spacial score (nSPS) is 18.0. The third kappa shape index (κ3) is 6.66. The summed E-state index contributed by atoms with van der Waals surface area (Å²) in [4.78, 5) is 0. The van der Waals surface area contributed by atoms with Crippen LogP contribution in [0.3, 0.4) is 0 Å².